The van der Waals surface area contributed by atoms with Crippen LogP contribution in [0.25, 0.3) is 10.2 Å². The molecule has 144 valence electrons. The largest absolute Gasteiger partial charge is 0.310 e. The molecule has 3 rings (SSSR count). The van der Waals surface area contributed by atoms with E-state index in [9.17, 15) is 9.59 Å². The van der Waals surface area contributed by atoms with Crippen molar-refractivity contribution in [1.29, 1.82) is 0 Å². The van der Waals surface area contributed by atoms with Crippen LogP contribution in [0.2, 0.25) is 0 Å². The predicted molar refractivity (Wildman–Crippen MR) is 112 cm³/mol. The summed E-state index contributed by atoms with van der Waals surface area (Å²) in [7, 11) is 0. The molecule has 0 fully saturated rings. The van der Waals surface area contributed by atoms with Gasteiger partial charge in [0.2, 0.25) is 5.91 Å². The minimum atomic E-state index is -0.131. The Labute approximate surface area is 166 Å². The smallest absolute Gasteiger partial charge is 0.259 e. The molecule has 0 aliphatic heterocycles. The minimum Gasteiger partial charge on any atom is -0.310 e. The van der Waals surface area contributed by atoms with Gasteiger partial charge in [0.15, 0.2) is 5.13 Å². The van der Waals surface area contributed by atoms with Gasteiger partial charge >= 0.3 is 0 Å². The molecule has 0 aliphatic carbocycles. The maximum absolute atomic E-state index is 12.3. The van der Waals surface area contributed by atoms with Gasteiger partial charge in [-0.1, -0.05) is 20.3 Å². The van der Waals surface area contributed by atoms with E-state index in [2.05, 4.69) is 34.1 Å². The molecule has 6 nitrogen and oxygen atoms in total. The fourth-order valence-corrected chi connectivity index (χ4v) is 4.99. The molecule has 2 N–H and O–H groups in total. The third-order valence-corrected chi connectivity index (χ3v) is 6.77. The third-order valence-electron chi connectivity index (χ3n) is 4.51. The lowest BCUT2D eigenvalue weighted by atomic mass is 10.2. The first-order chi connectivity index (χ1) is 12.9. The van der Waals surface area contributed by atoms with Crippen LogP contribution in [0.4, 0.5) is 5.13 Å². The van der Waals surface area contributed by atoms with Gasteiger partial charge in [-0.15, -0.1) is 22.7 Å². The maximum atomic E-state index is 12.3. The quantitative estimate of drug-likeness (QED) is 0.619. The molecule has 0 unspecified atom stereocenters. The van der Waals surface area contributed by atoms with Crippen LogP contribution >= 0.6 is 22.7 Å². The molecule has 0 spiro atoms. The number of aryl methyl sites for hydroxylation is 5. The van der Waals surface area contributed by atoms with Gasteiger partial charge in [-0.05, 0) is 32.3 Å². The summed E-state index contributed by atoms with van der Waals surface area (Å²) >= 11 is 3.06. The Morgan fingerprint density at radius 2 is 1.93 bits per heavy atom. The summed E-state index contributed by atoms with van der Waals surface area (Å²) < 4.78 is 0. The molecule has 0 radical (unpaired) electrons. The van der Waals surface area contributed by atoms with Gasteiger partial charge in [0, 0.05) is 22.6 Å². The van der Waals surface area contributed by atoms with Gasteiger partial charge in [0.1, 0.15) is 10.7 Å². The van der Waals surface area contributed by atoms with Gasteiger partial charge in [-0.2, -0.15) is 0 Å². The molecule has 1 amide bonds. The van der Waals surface area contributed by atoms with Crippen LogP contribution in [0.3, 0.4) is 0 Å². The fourth-order valence-electron chi connectivity index (χ4n) is 2.98. The van der Waals surface area contributed by atoms with Crippen molar-refractivity contribution < 1.29 is 4.79 Å². The predicted octanol–water partition coefficient (Wildman–Crippen LogP) is 4.14. The highest BCUT2D eigenvalue weighted by Gasteiger charge is 2.14. The standard InChI is InChI=1S/C19H24N4O2S2/c1-5-7-12-13(6-2)27-19(20-12)23-15(24)9-8-14-21-17(25)16-10(3)11(4)26-18(16)22-14/h5-9H2,1-4H3,(H,20,23,24)(H,21,22,25). The number of nitrogens with zero attached hydrogens (tertiary/aromatic N) is 2. The summed E-state index contributed by atoms with van der Waals surface area (Å²) in [5.41, 5.74) is 1.93. The van der Waals surface area contributed by atoms with E-state index in [1.807, 2.05) is 13.8 Å². The highest BCUT2D eigenvalue weighted by Crippen LogP contribution is 2.26. The lowest BCUT2D eigenvalue weighted by Gasteiger charge is -2.02. The molecular formula is C19H24N4O2S2. The lowest BCUT2D eigenvalue weighted by molar-refractivity contribution is -0.116. The normalized spacial score (nSPS) is 11.3. The van der Waals surface area contributed by atoms with Crippen molar-refractivity contribution in [1.82, 2.24) is 15.0 Å². The molecular weight excluding hydrogens is 380 g/mol. The summed E-state index contributed by atoms with van der Waals surface area (Å²) in [4.78, 5) is 39.5. The Morgan fingerprint density at radius 1 is 1.15 bits per heavy atom. The molecule has 8 heteroatoms. The molecule has 0 bridgehead atoms. The number of aromatic nitrogens is 3. The fraction of sp³-hybridized carbons (Fsp3) is 0.474. The van der Waals surface area contributed by atoms with Crippen LogP contribution in [0.1, 0.15) is 53.5 Å². The van der Waals surface area contributed by atoms with E-state index in [0.29, 0.717) is 22.8 Å². The number of aromatic amines is 1. The third kappa shape index (κ3) is 4.27. The minimum absolute atomic E-state index is 0.115. The monoisotopic (exact) mass is 404 g/mol. The van der Waals surface area contributed by atoms with Gasteiger partial charge in [0.25, 0.3) is 5.56 Å². The van der Waals surface area contributed by atoms with Gasteiger partial charge in [-0.25, -0.2) is 9.97 Å². The Balaban J connectivity index is 1.67. The number of carbonyl (C=O) groups excluding carboxylic acids is 1. The highest BCUT2D eigenvalue weighted by atomic mass is 32.1. The van der Waals surface area contributed by atoms with Crippen LogP contribution in [-0.4, -0.2) is 20.9 Å². The number of carbonyl (C=O) groups is 1. The second-order valence-corrected chi connectivity index (χ2v) is 8.80. The number of thiophene rings is 1. The van der Waals surface area contributed by atoms with Crippen LogP contribution < -0.4 is 10.9 Å². The SMILES string of the molecule is CCCc1nc(NC(=O)CCc2nc3sc(C)c(C)c3c(=O)[nH]2)sc1CC. The first-order valence-electron chi connectivity index (χ1n) is 9.20. The number of fused-ring (bicyclic) bond motifs is 1. The highest BCUT2D eigenvalue weighted by molar-refractivity contribution is 7.18. The number of anilines is 1. The van der Waals surface area contributed by atoms with E-state index in [1.54, 1.807) is 11.3 Å². The first-order valence-corrected chi connectivity index (χ1v) is 10.8. The van der Waals surface area contributed by atoms with E-state index >= 15 is 0 Å². The zero-order valence-corrected chi connectivity index (χ0v) is 17.7. The van der Waals surface area contributed by atoms with E-state index in [-0.39, 0.29) is 17.9 Å². The summed E-state index contributed by atoms with van der Waals surface area (Å²) in [6.07, 6.45) is 3.53. The Bertz CT molecular complexity index is 1030. The zero-order chi connectivity index (χ0) is 19.6. The molecule has 0 saturated carbocycles. The van der Waals surface area contributed by atoms with E-state index in [1.165, 1.54) is 16.2 Å². The van der Waals surface area contributed by atoms with Crippen LogP contribution in [0.5, 0.6) is 0 Å². The number of hydrogen-bond acceptors (Lipinski definition) is 6. The van der Waals surface area contributed by atoms with Crippen molar-refractivity contribution in [2.45, 2.75) is 59.8 Å². The van der Waals surface area contributed by atoms with E-state index in [0.717, 1.165) is 40.2 Å². The topological polar surface area (TPSA) is 87.7 Å². The lowest BCUT2D eigenvalue weighted by Crippen LogP contribution is -2.16. The molecule has 0 aliphatic rings. The van der Waals surface area contributed by atoms with Gasteiger partial charge in [0.05, 0.1) is 11.1 Å². The molecule has 0 atom stereocenters. The zero-order valence-electron chi connectivity index (χ0n) is 16.1. The van der Waals surface area contributed by atoms with Gasteiger partial charge in [-0.3, -0.25) is 9.59 Å². The number of hydrogen-bond donors (Lipinski definition) is 2. The Kier molecular flexibility index (Phi) is 6.06. The van der Waals surface area contributed by atoms with Crippen LogP contribution in [0, 0.1) is 13.8 Å². The Hall–Kier alpha value is -2.06. The number of H-pyrrole nitrogens is 1. The van der Waals surface area contributed by atoms with E-state index < -0.39 is 0 Å². The number of amides is 1. The summed E-state index contributed by atoms with van der Waals surface area (Å²) in [5.74, 6) is 0.430. The first kappa shape index (κ1) is 19.7. The van der Waals surface area contributed by atoms with Crippen molar-refractivity contribution in [3.63, 3.8) is 0 Å². The van der Waals surface area contributed by atoms with Crippen LogP contribution in [0.15, 0.2) is 4.79 Å². The summed E-state index contributed by atoms with van der Waals surface area (Å²) in [6.45, 7) is 8.14. The van der Waals surface area contributed by atoms with Crippen molar-refractivity contribution >= 4 is 43.9 Å². The van der Waals surface area contributed by atoms with Crippen molar-refractivity contribution in [3.8, 4) is 0 Å². The van der Waals surface area contributed by atoms with E-state index in [4.69, 9.17) is 0 Å². The molecule has 3 aromatic rings. The average molecular weight is 405 g/mol. The Morgan fingerprint density at radius 3 is 2.63 bits per heavy atom. The maximum Gasteiger partial charge on any atom is 0.259 e. The van der Waals surface area contributed by atoms with Crippen molar-refractivity contribution in [3.05, 3.63) is 37.2 Å². The molecule has 3 heterocycles. The number of rotatable bonds is 7. The van der Waals surface area contributed by atoms with Crippen LogP contribution in [-0.2, 0) is 24.1 Å². The second-order valence-electron chi connectivity index (χ2n) is 6.52. The van der Waals surface area contributed by atoms with Gasteiger partial charge < -0.3 is 10.3 Å². The number of nitrogens with one attached hydrogen (secondary N) is 2. The summed E-state index contributed by atoms with van der Waals surface area (Å²) in [5, 5.41) is 4.19. The van der Waals surface area contributed by atoms with Crippen molar-refractivity contribution in [2.75, 3.05) is 5.32 Å². The molecule has 0 aromatic carbocycles. The molecule has 3 aromatic heterocycles. The van der Waals surface area contributed by atoms with Crippen molar-refractivity contribution in [2.24, 2.45) is 0 Å². The number of thiazole rings is 1. The summed E-state index contributed by atoms with van der Waals surface area (Å²) in [6, 6.07) is 0. The average Bonchev–Trinajstić information content (AvgIpc) is 3.14. The second kappa shape index (κ2) is 8.31. The molecule has 0 saturated heterocycles. The molecule has 27 heavy (non-hydrogen) atoms.